The molecular formula is C40H60N4. The van der Waals surface area contributed by atoms with Crippen LogP contribution in [0.3, 0.4) is 0 Å². The summed E-state index contributed by atoms with van der Waals surface area (Å²) in [6.07, 6.45) is 8.28. The predicted octanol–water partition coefficient (Wildman–Crippen LogP) is 11.0. The molecule has 4 N–H and O–H groups in total. The topological polar surface area (TPSA) is 63.2 Å². The zero-order chi connectivity index (χ0) is 32.2. The molecule has 0 saturated carbocycles. The van der Waals surface area contributed by atoms with Crippen molar-refractivity contribution in [3.63, 3.8) is 0 Å². The molecule has 240 valence electrons. The summed E-state index contributed by atoms with van der Waals surface area (Å²) in [7, 11) is 0. The SMILES string of the molecule is CCC1(CC)c2ccc([nH]2)C(CC)(CC)c2[nH]c(c(C)c2C)C(CC)(CC)c2ccc([nH]2)C(CC)(CC)c2[nH]c1c(C)c2C. The minimum Gasteiger partial charge on any atom is -0.361 e. The van der Waals surface area contributed by atoms with Crippen molar-refractivity contribution in [2.45, 2.75) is 156 Å². The van der Waals surface area contributed by atoms with Gasteiger partial charge in [-0.15, -0.1) is 0 Å². The summed E-state index contributed by atoms with van der Waals surface area (Å²) >= 11 is 0. The van der Waals surface area contributed by atoms with Crippen LogP contribution < -0.4 is 0 Å². The molecule has 4 aromatic rings. The largest absolute Gasteiger partial charge is 0.361 e. The molecule has 4 nitrogen and oxygen atoms in total. The molecule has 0 radical (unpaired) electrons. The lowest BCUT2D eigenvalue weighted by atomic mass is 9.74. The van der Waals surface area contributed by atoms with E-state index in [0.29, 0.717) is 0 Å². The Hall–Kier alpha value is -2.88. The summed E-state index contributed by atoms with van der Waals surface area (Å²) in [6, 6.07) is 9.64. The highest BCUT2D eigenvalue weighted by atomic mass is 14.9. The molecule has 5 rings (SSSR count). The average Bonchev–Trinajstić information content (AvgIpc) is 3.85. The number of hydrogen-bond donors (Lipinski definition) is 4. The van der Waals surface area contributed by atoms with Crippen LogP contribution >= 0.6 is 0 Å². The Kier molecular flexibility index (Phi) is 8.49. The number of H-pyrrole nitrogens is 4. The van der Waals surface area contributed by atoms with Crippen LogP contribution in [0.4, 0.5) is 0 Å². The summed E-state index contributed by atoms with van der Waals surface area (Å²) in [5, 5.41) is 0. The van der Waals surface area contributed by atoms with Crippen molar-refractivity contribution in [1.29, 1.82) is 0 Å². The van der Waals surface area contributed by atoms with Crippen LogP contribution in [0.15, 0.2) is 24.3 Å². The van der Waals surface area contributed by atoms with Gasteiger partial charge >= 0.3 is 0 Å². The third kappa shape index (κ3) is 4.01. The zero-order valence-corrected chi connectivity index (χ0v) is 30.0. The Labute approximate surface area is 267 Å². The van der Waals surface area contributed by atoms with E-state index >= 15 is 0 Å². The highest BCUT2D eigenvalue weighted by molar-refractivity contribution is 5.53. The summed E-state index contributed by atoms with van der Waals surface area (Å²) in [5.74, 6) is 0. The van der Waals surface area contributed by atoms with Gasteiger partial charge in [0, 0.05) is 45.6 Å². The van der Waals surface area contributed by atoms with Gasteiger partial charge in [0.1, 0.15) is 0 Å². The third-order valence-electron chi connectivity index (χ3n) is 13.3. The Morgan fingerprint density at radius 2 is 0.523 bits per heavy atom. The maximum Gasteiger partial charge on any atom is 0.0501 e. The molecule has 0 amide bonds. The van der Waals surface area contributed by atoms with Crippen molar-refractivity contribution in [3.8, 4) is 0 Å². The first-order valence-corrected chi connectivity index (χ1v) is 17.8. The summed E-state index contributed by atoms with van der Waals surface area (Å²) < 4.78 is 0. The molecule has 4 aromatic heterocycles. The molecule has 8 bridgehead atoms. The van der Waals surface area contributed by atoms with Crippen molar-refractivity contribution in [2.24, 2.45) is 0 Å². The first-order valence-electron chi connectivity index (χ1n) is 17.8. The van der Waals surface area contributed by atoms with E-state index in [0.717, 1.165) is 51.4 Å². The number of aromatic amines is 4. The second-order valence-corrected chi connectivity index (χ2v) is 14.0. The number of aromatic nitrogens is 4. The summed E-state index contributed by atoms with van der Waals surface area (Å²) in [6.45, 7) is 28.4. The minimum atomic E-state index is -0.116. The van der Waals surface area contributed by atoms with Crippen LogP contribution in [0.5, 0.6) is 0 Å². The van der Waals surface area contributed by atoms with E-state index in [9.17, 15) is 0 Å². The molecule has 1 aliphatic heterocycles. The molecule has 0 spiro atoms. The van der Waals surface area contributed by atoms with Gasteiger partial charge < -0.3 is 19.9 Å². The van der Waals surface area contributed by atoms with Crippen molar-refractivity contribution in [3.05, 3.63) is 92.1 Å². The minimum absolute atomic E-state index is 0.116. The standard InChI is InChI=1S/C40H60N4/c1-13-37(14-2)29-21-22-30(41-29)38(15-3,16-4)35-27(11)28(12)36(44-35)40(19-7,20-8)32-24-23-31(42-32)39(17-5,18-6)34-26(10)25(9)33(37)43-34/h21-24,41-44H,13-20H2,1-12H3. The van der Waals surface area contributed by atoms with Crippen LogP contribution in [0.25, 0.3) is 0 Å². The summed E-state index contributed by atoms with van der Waals surface area (Å²) in [4.78, 5) is 16.6. The molecule has 0 saturated heterocycles. The Morgan fingerprint density at radius 1 is 0.341 bits per heavy atom. The molecule has 0 atom stereocenters. The molecule has 0 aromatic carbocycles. The molecular weight excluding hydrogens is 536 g/mol. The Morgan fingerprint density at radius 3 is 0.682 bits per heavy atom. The monoisotopic (exact) mass is 596 g/mol. The lowest BCUT2D eigenvalue weighted by Gasteiger charge is -2.36. The first kappa shape index (κ1) is 32.5. The first-order chi connectivity index (χ1) is 21.0. The average molecular weight is 597 g/mol. The Bertz CT molecular complexity index is 1370. The van der Waals surface area contributed by atoms with Crippen molar-refractivity contribution >= 4 is 0 Å². The van der Waals surface area contributed by atoms with E-state index < -0.39 is 0 Å². The molecule has 44 heavy (non-hydrogen) atoms. The van der Waals surface area contributed by atoms with Crippen LogP contribution in [-0.4, -0.2) is 19.9 Å². The highest BCUT2D eigenvalue weighted by Crippen LogP contribution is 2.50. The van der Waals surface area contributed by atoms with Gasteiger partial charge in [-0.1, -0.05) is 55.4 Å². The van der Waals surface area contributed by atoms with E-state index in [-0.39, 0.29) is 21.7 Å². The van der Waals surface area contributed by atoms with Gasteiger partial charge in [0.05, 0.1) is 21.7 Å². The molecule has 0 fully saturated rings. The van der Waals surface area contributed by atoms with E-state index in [1.54, 1.807) is 0 Å². The highest BCUT2D eigenvalue weighted by Gasteiger charge is 2.45. The van der Waals surface area contributed by atoms with Gasteiger partial charge in [0.15, 0.2) is 0 Å². The van der Waals surface area contributed by atoms with Gasteiger partial charge in [0.25, 0.3) is 0 Å². The van der Waals surface area contributed by atoms with Gasteiger partial charge in [-0.05, 0) is 126 Å². The lowest BCUT2D eigenvalue weighted by Crippen LogP contribution is -2.33. The molecule has 0 unspecified atom stereocenters. The fourth-order valence-corrected chi connectivity index (χ4v) is 9.67. The van der Waals surface area contributed by atoms with Crippen LogP contribution in [0.2, 0.25) is 0 Å². The van der Waals surface area contributed by atoms with Gasteiger partial charge in [-0.25, -0.2) is 0 Å². The maximum absolute atomic E-state index is 4.19. The quantitative estimate of drug-likeness (QED) is 0.156. The van der Waals surface area contributed by atoms with Gasteiger partial charge in [-0.2, -0.15) is 0 Å². The third-order valence-corrected chi connectivity index (χ3v) is 13.3. The van der Waals surface area contributed by atoms with E-state index in [1.807, 2.05) is 0 Å². The van der Waals surface area contributed by atoms with Crippen LogP contribution in [-0.2, 0) is 21.7 Å². The maximum atomic E-state index is 4.19. The van der Waals surface area contributed by atoms with Crippen molar-refractivity contribution in [2.75, 3.05) is 0 Å². The van der Waals surface area contributed by atoms with Gasteiger partial charge in [-0.3, -0.25) is 0 Å². The van der Waals surface area contributed by atoms with Crippen LogP contribution in [0.1, 0.15) is 175 Å². The fraction of sp³-hybridized carbons (Fsp3) is 0.600. The zero-order valence-electron chi connectivity index (χ0n) is 30.0. The predicted molar refractivity (Wildman–Crippen MR) is 188 cm³/mol. The molecule has 0 aliphatic carbocycles. The Balaban J connectivity index is 1.97. The van der Waals surface area contributed by atoms with Crippen molar-refractivity contribution < 1.29 is 0 Å². The van der Waals surface area contributed by atoms with E-state index in [2.05, 4.69) is 127 Å². The lowest BCUT2D eigenvalue weighted by molar-refractivity contribution is 0.414. The number of fused-ring (bicyclic) bond motifs is 8. The molecule has 5 heterocycles. The fourth-order valence-electron chi connectivity index (χ4n) is 9.67. The second-order valence-electron chi connectivity index (χ2n) is 14.0. The number of hydrogen-bond acceptors (Lipinski definition) is 0. The molecule has 4 heteroatoms. The molecule has 1 aliphatic rings. The van der Waals surface area contributed by atoms with Gasteiger partial charge in [0.2, 0.25) is 0 Å². The smallest absolute Gasteiger partial charge is 0.0501 e. The summed E-state index contributed by atoms with van der Waals surface area (Å²) in [5.41, 5.74) is 16.1. The number of nitrogens with one attached hydrogen (secondary N) is 4. The van der Waals surface area contributed by atoms with E-state index in [1.165, 1.54) is 67.8 Å². The van der Waals surface area contributed by atoms with Crippen LogP contribution in [0, 0.1) is 27.7 Å². The normalized spacial score (nSPS) is 18.1. The van der Waals surface area contributed by atoms with Crippen molar-refractivity contribution in [1.82, 2.24) is 19.9 Å². The van der Waals surface area contributed by atoms with E-state index in [4.69, 9.17) is 0 Å². The second kappa shape index (κ2) is 11.5. The number of rotatable bonds is 8.